The minimum absolute atomic E-state index is 0.0184. The van der Waals surface area contributed by atoms with Gasteiger partial charge in [0.25, 0.3) is 5.91 Å². The molecular formula is C33H41BrN2O4. The molecule has 1 atom stereocenters. The summed E-state index contributed by atoms with van der Waals surface area (Å²) >= 11 is 3.60. The van der Waals surface area contributed by atoms with Crippen molar-refractivity contribution < 1.29 is 19.1 Å². The van der Waals surface area contributed by atoms with E-state index in [4.69, 9.17) is 9.47 Å². The van der Waals surface area contributed by atoms with Gasteiger partial charge in [-0.3, -0.25) is 9.59 Å². The van der Waals surface area contributed by atoms with E-state index in [0.717, 1.165) is 21.2 Å². The molecule has 0 saturated carbocycles. The van der Waals surface area contributed by atoms with Gasteiger partial charge in [0.1, 0.15) is 17.5 Å². The van der Waals surface area contributed by atoms with E-state index in [1.54, 1.807) is 12.0 Å². The van der Waals surface area contributed by atoms with Crippen LogP contribution in [0.15, 0.2) is 77.3 Å². The minimum Gasteiger partial charge on any atom is -0.497 e. The number of nitrogens with one attached hydrogen (secondary N) is 1. The van der Waals surface area contributed by atoms with E-state index >= 15 is 0 Å². The van der Waals surface area contributed by atoms with Crippen LogP contribution in [-0.4, -0.2) is 42.0 Å². The topological polar surface area (TPSA) is 67.9 Å². The predicted octanol–water partition coefficient (Wildman–Crippen LogP) is 6.69. The van der Waals surface area contributed by atoms with Gasteiger partial charge in [0.2, 0.25) is 5.91 Å². The molecule has 3 rings (SSSR count). The molecule has 0 fully saturated rings. The number of hydrogen-bond acceptors (Lipinski definition) is 4. The lowest BCUT2D eigenvalue weighted by atomic mass is 9.87. The standard InChI is InChI=1S/C33H41BrN2O4/c1-32(2,3)25-16-17-29(27(34)20-25)40-22-30(37)36(21-24-14-11-15-26(18-24)39-7)28(31(38)35-33(4,5)6)19-23-12-9-8-10-13-23/h8-18,20,28H,19,21-22H2,1-7H3,(H,35,38). The summed E-state index contributed by atoms with van der Waals surface area (Å²) in [7, 11) is 1.60. The molecule has 6 nitrogen and oxygen atoms in total. The normalized spacial score (nSPS) is 12.4. The number of nitrogens with zero attached hydrogens (tertiary/aromatic N) is 1. The quantitative estimate of drug-likeness (QED) is 0.278. The van der Waals surface area contributed by atoms with E-state index in [1.165, 1.54) is 0 Å². The van der Waals surface area contributed by atoms with Crippen LogP contribution in [-0.2, 0) is 28.0 Å². The summed E-state index contributed by atoms with van der Waals surface area (Å²) < 4.78 is 12.2. The lowest BCUT2D eigenvalue weighted by Gasteiger charge is -2.34. The number of benzene rings is 3. The summed E-state index contributed by atoms with van der Waals surface area (Å²) in [6, 6.07) is 22.4. The number of methoxy groups -OCH3 is 1. The van der Waals surface area contributed by atoms with Gasteiger partial charge in [-0.05, 0) is 83.1 Å². The van der Waals surface area contributed by atoms with Crippen molar-refractivity contribution >= 4 is 27.7 Å². The van der Waals surface area contributed by atoms with Crippen molar-refractivity contribution in [2.45, 2.75) is 71.5 Å². The Balaban J connectivity index is 1.95. The molecule has 3 aromatic rings. The Morgan fingerprint density at radius 1 is 0.900 bits per heavy atom. The molecule has 0 aliphatic rings. The third-order valence-corrected chi connectivity index (χ3v) is 7.03. The van der Waals surface area contributed by atoms with Crippen LogP contribution in [0.2, 0.25) is 0 Å². The van der Waals surface area contributed by atoms with E-state index < -0.39 is 11.6 Å². The lowest BCUT2D eigenvalue weighted by Crippen LogP contribution is -2.55. The molecule has 2 amide bonds. The Morgan fingerprint density at radius 2 is 1.57 bits per heavy atom. The van der Waals surface area contributed by atoms with Crippen LogP contribution < -0.4 is 14.8 Å². The Hall–Kier alpha value is -3.32. The zero-order valence-electron chi connectivity index (χ0n) is 24.6. The number of halogens is 1. The molecule has 0 bridgehead atoms. The molecule has 1 N–H and O–H groups in total. The van der Waals surface area contributed by atoms with E-state index in [2.05, 4.69) is 42.0 Å². The smallest absolute Gasteiger partial charge is 0.261 e. The van der Waals surface area contributed by atoms with Crippen LogP contribution in [0.5, 0.6) is 11.5 Å². The van der Waals surface area contributed by atoms with Crippen molar-refractivity contribution in [1.29, 1.82) is 0 Å². The van der Waals surface area contributed by atoms with Crippen LogP contribution in [0.4, 0.5) is 0 Å². The fourth-order valence-corrected chi connectivity index (χ4v) is 4.77. The molecule has 1 unspecified atom stereocenters. The van der Waals surface area contributed by atoms with Gasteiger partial charge in [-0.2, -0.15) is 0 Å². The van der Waals surface area contributed by atoms with Crippen LogP contribution in [0.1, 0.15) is 58.2 Å². The van der Waals surface area contributed by atoms with E-state index in [9.17, 15) is 9.59 Å². The molecule has 0 radical (unpaired) electrons. The summed E-state index contributed by atoms with van der Waals surface area (Å²) in [4.78, 5) is 29.2. The average molecular weight is 610 g/mol. The zero-order valence-corrected chi connectivity index (χ0v) is 26.2. The SMILES string of the molecule is COc1cccc(CN(C(=O)COc2ccc(C(C)(C)C)cc2Br)C(Cc2ccccc2)C(=O)NC(C)(C)C)c1. The summed E-state index contributed by atoms with van der Waals surface area (Å²) in [6.07, 6.45) is 0.364. The van der Waals surface area contributed by atoms with Crippen molar-refractivity contribution in [2.24, 2.45) is 0 Å². The lowest BCUT2D eigenvalue weighted by molar-refractivity contribution is -0.143. The Kier molecular flexibility index (Phi) is 10.4. The highest BCUT2D eigenvalue weighted by molar-refractivity contribution is 9.10. The fraction of sp³-hybridized carbons (Fsp3) is 0.394. The molecule has 214 valence electrons. The molecule has 0 spiro atoms. The molecular weight excluding hydrogens is 568 g/mol. The Labute approximate surface area is 247 Å². The van der Waals surface area contributed by atoms with Crippen molar-refractivity contribution in [3.05, 3.63) is 94.0 Å². The molecule has 0 aromatic heterocycles. The molecule has 0 aliphatic carbocycles. The molecule has 0 saturated heterocycles. The van der Waals surface area contributed by atoms with E-state index in [-0.39, 0.29) is 30.4 Å². The second-order valence-corrected chi connectivity index (χ2v) is 12.9. The first-order valence-electron chi connectivity index (χ1n) is 13.5. The fourth-order valence-electron chi connectivity index (χ4n) is 4.28. The summed E-state index contributed by atoms with van der Waals surface area (Å²) in [5.74, 6) is 0.743. The van der Waals surface area contributed by atoms with Gasteiger partial charge in [-0.15, -0.1) is 0 Å². The van der Waals surface area contributed by atoms with Crippen LogP contribution in [0.3, 0.4) is 0 Å². The monoisotopic (exact) mass is 608 g/mol. The molecule has 0 aliphatic heterocycles. The molecule has 0 heterocycles. The zero-order chi connectivity index (χ0) is 29.5. The highest BCUT2D eigenvalue weighted by Crippen LogP contribution is 2.31. The summed E-state index contributed by atoms with van der Waals surface area (Å²) in [5, 5.41) is 3.08. The third kappa shape index (κ3) is 9.12. The number of amides is 2. The van der Waals surface area contributed by atoms with Gasteiger partial charge in [-0.1, -0.05) is 69.3 Å². The second kappa shape index (κ2) is 13.4. The van der Waals surface area contributed by atoms with Crippen LogP contribution in [0.25, 0.3) is 0 Å². The Morgan fingerprint density at radius 3 is 2.17 bits per heavy atom. The van der Waals surface area contributed by atoms with Gasteiger partial charge in [0.05, 0.1) is 11.6 Å². The maximum atomic E-state index is 13.9. The number of carbonyl (C=O) groups is 2. The van der Waals surface area contributed by atoms with Gasteiger partial charge in [-0.25, -0.2) is 0 Å². The van der Waals surface area contributed by atoms with Crippen LogP contribution >= 0.6 is 15.9 Å². The number of rotatable bonds is 10. The molecule has 7 heteroatoms. The van der Waals surface area contributed by atoms with Crippen molar-refractivity contribution in [1.82, 2.24) is 10.2 Å². The number of ether oxygens (including phenoxy) is 2. The highest BCUT2D eigenvalue weighted by atomic mass is 79.9. The number of hydrogen-bond donors (Lipinski definition) is 1. The van der Waals surface area contributed by atoms with Crippen LogP contribution in [0, 0.1) is 0 Å². The Bertz CT molecular complexity index is 1300. The average Bonchev–Trinajstić information content (AvgIpc) is 2.89. The largest absolute Gasteiger partial charge is 0.497 e. The number of carbonyl (C=O) groups excluding carboxylic acids is 2. The highest BCUT2D eigenvalue weighted by Gasteiger charge is 2.32. The predicted molar refractivity (Wildman–Crippen MR) is 164 cm³/mol. The second-order valence-electron chi connectivity index (χ2n) is 12.0. The molecule has 3 aromatic carbocycles. The summed E-state index contributed by atoms with van der Waals surface area (Å²) in [6.45, 7) is 12.2. The van der Waals surface area contributed by atoms with E-state index in [0.29, 0.717) is 17.9 Å². The van der Waals surface area contributed by atoms with Crippen molar-refractivity contribution in [3.63, 3.8) is 0 Å². The first kappa shape index (κ1) is 31.2. The van der Waals surface area contributed by atoms with Gasteiger partial charge < -0.3 is 19.7 Å². The van der Waals surface area contributed by atoms with Gasteiger partial charge in [0, 0.05) is 18.5 Å². The van der Waals surface area contributed by atoms with Gasteiger partial charge in [0.15, 0.2) is 6.61 Å². The summed E-state index contributed by atoms with van der Waals surface area (Å²) in [5.41, 5.74) is 2.48. The third-order valence-electron chi connectivity index (χ3n) is 6.41. The van der Waals surface area contributed by atoms with E-state index in [1.807, 2.05) is 93.6 Å². The molecule has 40 heavy (non-hydrogen) atoms. The van der Waals surface area contributed by atoms with Crippen molar-refractivity contribution in [2.75, 3.05) is 13.7 Å². The van der Waals surface area contributed by atoms with Crippen molar-refractivity contribution in [3.8, 4) is 11.5 Å². The minimum atomic E-state index is -0.754. The first-order chi connectivity index (χ1) is 18.8. The maximum Gasteiger partial charge on any atom is 0.261 e. The van der Waals surface area contributed by atoms with Gasteiger partial charge >= 0.3 is 0 Å². The maximum absolute atomic E-state index is 13.9. The first-order valence-corrected chi connectivity index (χ1v) is 14.3.